The molecule has 0 rings (SSSR count). The Bertz CT molecular complexity index is 220. The molecular weight excluding hydrogens is 194 g/mol. The maximum absolute atomic E-state index is 11.9. The first-order chi connectivity index (χ1) is 5.88. The van der Waals surface area contributed by atoms with Crippen molar-refractivity contribution in [3.63, 3.8) is 0 Å². The van der Waals surface area contributed by atoms with Gasteiger partial charge in [-0.1, -0.05) is 20.8 Å². The fraction of sp³-hybridized carbons (Fsp3) is 1.00. The van der Waals surface area contributed by atoms with E-state index in [-0.39, 0.29) is 15.7 Å². The van der Waals surface area contributed by atoms with Gasteiger partial charge in [0, 0.05) is 5.54 Å². The third-order valence-electron chi connectivity index (χ3n) is 2.78. The zero-order chi connectivity index (χ0) is 11.8. The summed E-state index contributed by atoms with van der Waals surface area (Å²) in [6.45, 7) is 16.6. The molecule has 1 atom stereocenters. The van der Waals surface area contributed by atoms with E-state index in [4.69, 9.17) is 0 Å². The highest BCUT2D eigenvalue weighted by atomic mass is 32.2. The summed E-state index contributed by atoms with van der Waals surface area (Å²) >= 11 is 0. The first-order valence-electron chi connectivity index (χ1n) is 5.07. The second kappa shape index (κ2) is 3.93. The van der Waals surface area contributed by atoms with Gasteiger partial charge in [0.05, 0.1) is 15.7 Å². The molecule has 0 aliphatic heterocycles. The normalized spacial score (nSPS) is 16.9. The summed E-state index contributed by atoms with van der Waals surface area (Å²) in [4.78, 5) is 0. The van der Waals surface area contributed by atoms with Crippen LogP contribution in [-0.2, 0) is 11.0 Å². The first-order valence-corrected chi connectivity index (χ1v) is 6.22. The van der Waals surface area contributed by atoms with Gasteiger partial charge in [0.15, 0.2) is 0 Å². The number of hydrogen-bond acceptors (Lipinski definition) is 1. The minimum atomic E-state index is -1.00. The fourth-order valence-corrected chi connectivity index (χ4v) is 1.61. The van der Waals surface area contributed by atoms with Crippen molar-refractivity contribution >= 4 is 11.0 Å². The molecule has 1 N–H and O–H groups in total. The van der Waals surface area contributed by atoms with Crippen molar-refractivity contribution in [1.82, 2.24) is 4.72 Å². The van der Waals surface area contributed by atoms with Crippen LogP contribution in [-0.4, -0.2) is 14.5 Å². The van der Waals surface area contributed by atoms with Gasteiger partial charge >= 0.3 is 0 Å². The highest BCUT2D eigenvalue weighted by Gasteiger charge is 2.36. The molecule has 0 bridgehead atoms. The average molecular weight is 219 g/mol. The molecule has 0 saturated carbocycles. The number of hydrogen-bond donors (Lipinski definition) is 1. The highest BCUT2D eigenvalue weighted by molar-refractivity contribution is 7.84. The second-order valence-corrected chi connectivity index (χ2v) is 8.32. The van der Waals surface area contributed by atoms with Gasteiger partial charge in [-0.2, -0.15) is 0 Å². The van der Waals surface area contributed by atoms with Gasteiger partial charge in [0.2, 0.25) is 0 Å². The van der Waals surface area contributed by atoms with Crippen LogP contribution in [0.3, 0.4) is 0 Å². The standard InChI is InChI=1S/C11H25NOS/c1-9(2,3)11(7,8)12-14(13)10(4,5)6/h12H,1-8H3. The summed E-state index contributed by atoms with van der Waals surface area (Å²) < 4.78 is 14.9. The van der Waals surface area contributed by atoms with Crippen LogP contribution in [0.25, 0.3) is 0 Å². The molecule has 0 aliphatic rings. The maximum Gasteiger partial charge on any atom is 0.0975 e. The zero-order valence-corrected chi connectivity index (χ0v) is 11.6. The van der Waals surface area contributed by atoms with Crippen molar-refractivity contribution < 1.29 is 4.21 Å². The van der Waals surface area contributed by atoms with Gasteiger partial charge < -0.3 is 0 Å². The van der Waals surface area contributed by atoms with E-state index in [2.05, 4.69) is 39.3 Å². The molecule has 2 nitrogen and oxygen atoms in total. The third kappa shape index (κ3) is 3.70. The van der Waals surface area contributed by atoms with Gasteiger partial charge in [0.25, 0.3) is 0 Å². The molecule has 0 aliphatic carbocycles. The van der Waals surface area contributed by atoms with E-state index in [9.17, 15) is 4.21 Å². The molecule has 0 amide bonds. The quantitative estimate of drug-likeness (QED) is 0.760. The van der Waals surface area contributed by atoms with E-state index in [1.807, 2.05) is 20.8 Å². The SMILES string of the molecule is CC(C)(C)S(=O)NC(C)(C)C(C)(C)C. The fourth-order valence-electron chi connectivity index (χ4n) is 0.538. The molecule has 3 heteroatoms. The molecule has 0 fully saturated rings. The largest absolute Gasteiger partial charge is 0.242 e. The minimum absolute atomic E-state index is 0.0912. The molecule has 14 heavy (non-hydrogen) atoms. The van der Waals surface area contributed by atoms with Crippen LogP contribution in [0.15, 0.2) is 0 Å². The van der Waals surface area contributed by atoms with Crippen LogP contribution in [0.1, 0.15) is 55.4 Å². The Morgan fingerprint density at radius 3 is 1.43 bits per heavy atom. The van der Waals surface area contributed by atoms with Crippen LogP contribution in [0.2, 0.25) is 0 Å². The number of rotatable bonds is 2. The summed E-state index contributed by atoms with van der Waals surface area (Å²) in [7, 11) is -1.00. The van der Waals surface area contributed by atoms with E-state index >= 15 is 0 Å². The summed E-state index contributed by atoms with van der Waals surface area (Å²) in [5.41, 5.74) is -0.0426. The summed E-state index contributed by atoms with van der Waals surface area (Å²) in [6.07, 6.45) is 0. The lowest BCUT2D eigenvalue weighted by molar-refractivity contribution is 0.210. The van der Waals surface area contributed by atoms with Crippen molar-refractivity contribution in [1.29, 1.82) is 0 Å². The Hall–Kier alpha value is 0.110. The summed E-state index contributed by atoms with van der Waals surface area (Å²) in [6, 6.07) is 0. The smallest absolute Gasteiger partial charge is 0.0975 e. The molecule has 0 aromatic carbocycles. The Morgan fingerprint density at radius 1 is 0.857 bits per heavy atom. The number of nitrogens with one attached hydrogen (secondary N) is 1. The zero-order valence-electron chi connectivity index (χ0n) is 10.8. The summed E-state index contributed by atoms with van der Waals surface area (Å²) in [5, 5.41) is 0. The van der Waals surface area contributed by atoms with Crippen molar-refractivity contribution in [2.45, 2.75) is 65.7 Å². The Balaban J connectivity index is 4.62. The lowest BCUT2D eigenvalue weighted by Crippen LogP contribution is -2.53. The van der Waals surface area contributed by atoms with Crippen molar-refractivity contribution in [2.24, 2.45) is 5.41 Å². The van der Waals surface area contributed by atoms with Gasteiger partial charge in [-0.15, -0.1) is 0 Å². The topological polar surface area (TPSA) is 29.1 Å². The van der Waals surface area contributed by atoms with Crippen LogP contribution in [0.5, 0.6) is 0 Å². The monoisotopic (exact) mass is 219 g/mol. The molecule has 86 valence electrons. The summed E-state index contributed by atoms with van der Waals surface area (Å²) in [5.74, 6) is 0. The molecule has 0 heterocycles. The maximum atomic E-state index is 11.9. The van der Waals surface area contributed by atoms with Gasteiger partial charge in [-0.05, 0) is 40.0 Å². The molecular formula is C11H25NOS. The van der Waals surface area contributed by atoms with Crippen LogP contribution in [0.4, 0.5) is 0 Å². The highest BCUT2D eigenvalue weighted by Crippen LogP contribution is 2.30. The Kier molecular flexibility index (Phi) is 3.96. The Labute approximate surface area is 91.4 Å². The van der Waals surface area contributed by atoms with Crippen molar-refractivity contribution in [3.8, 4) is 0 Å². The van der Waals surface area contributed by atoms with E-state index in [0.717, 1.165) is 0 Å². The van der Waals surface area contributed by atoms with Crippen molar-refractivity contribution in [3.05, 3.63) is 0 Å². The van der Waals surface area contributed by atoms with E-state index in [0.29, 0.717) is 0 Å². The molecule has 0 radical (unpaired) electrons. The van der Waals surface area contributed by atoms with E-state index in [1.54, 1.807) is 0 Å². The first kappa shape index (κ1) is 14.1. The van der Waals surface area contributed by atoms with Crippen molar-refractivity contribution in [2.75, 3.05) is 0 Å². The minimum Gasteiger partial charge on any atom is -0.242 e. The molecule has 1 unspecified atom stereocenters. The molecule has 0 saturated heterocycles. The predicted molar refractivity (Wildman–Crippen MR) is 64.6 cm³/mol. The van der Waals surface area contributed by atoms with Crippen LogP contribution in [0, 0.1) is 5.41 Å². The van der Waals surface area contributed by atoms with Crippen LogP contribution < -0.4 is 4.72 Å². The molecule has 0 spiro atoms. The lowest BCUT2D eigenvalue weighted by atomic mass is 9.77. The van der Waals surface area contributed by atoms with Crippen LogP contribution >= 0.6 is 0 Å². The van der Waals surface area contributed by atoms with Gasteiger partial charge in [-0.25, -0.2) is 8.93 Å². The second-order valence-electron chi connectivity index (χ2n) is 6.36. The van der Waals surface area contributed by atoms with E-state index in [1.165, 1.54) is 0 Å². The van der Waals surface area contributed by atoms with E-state index < -0.39 is 11.0 Å². The van der Waals surface area contributed by atoms with Gasteiger partial charge in [0.1, 0.15) is 0 Å². The lowest BCUT2D eigenvalue weighted by Gasteiger charge is -2.40. The molecule has 0 aromatic rings. The Morgan fingerprint density at radius 2 is 1.21 bits per heavy atom. The third-order valence-corrected chi connectivity index (χ3v) is 4.59. The predicted octanol–water partition coefficient (Wildman–Crippen LogP) is 2.86. The molecule has 0 aromatic heterocycles. The average Bonchev–Trinajstić information content (AvgIpc) is 1.80. The van der Waals surface area contributed by atoms with Gasteiger partial charge in [-0.3, -0.25) is 0 Å².